The van der Waals surface area contributed by atoms with Crippen molar-refractivity contribution in [3.05, 3.63) is 108 Å². The average molecular weight is 1110 g/mol. The van der Waals surface area contributed by atoms with Crippen molar-refractivity contribution in [3.63, 3.8) is 0 Å². The summed E-state index contributed by atoms with van der Waals surface area (Å²) >= 11 is -34.1. The quantitative estimate of drug-likeness (QED) is 0.0738. The van der Waals surface area contributed by atoms with Gasteiger partial charge < -0.3 is 0 Å². The third-order valence-corrected chi connectivity index (χ3v) is 4.84. The van der Waals surface area contributed by atoms with E-state index >= 15 is 0 Å². The summed E-state index contributed by atoms with van der Waals surface area (Å²) in [6.07, 6.45) is 0. The summed E-state index contributed by atoms with van der Waals surface area (Å²) in [5.74, 6) is 0. The van der Waals surface area contributed by atoms with Crippen LogP contribution in [0.5, 0.6) is 0 Å². The van der Waals surface area contributed by atoms with E-state index in [1.165, 1.54) is 0 Å². The van der Waals surface area contributed by atoms with Gasteiger partial charge in [0.1, 0.15) is 0 Å². The second-order valence-corrected chi connectivity index (χ2v) is 19.9. The molecule has 1 unspecified atom stereocenters. The van der Waals surface area contributed by atoms with Crippen LogP contribution < -0.4 is 0 Å². The minimum absolute atomic E-state index is 0.579. The van der Waals surface area contributed by atoms with Crippen LogP contribution in [0.4, 0.5) is 20.8 Å². The molecule has 30 heteroatoms. The Hall–Kier alpha value is -1.09. The Balaban J connectivity index is -0.000000687. The summed E-state index contributed by atoms with van der Waals surface area (Å²) < 4.78 is 206. The van der Waals surface area contributed by atoms with Gasteiger partial charge in [0.2, 0.25) is 0 Å². The first-order chi connectivity index (χ1) is 21.5. The summed E-state index contributed by atoms with van der Waals surface area (Å²) in [6, 6.07) is 26.7. The maximum atomic E-state index is 13.9. The van der Waals surface area contributed by atoms with Crippen molar-refractivity contribution in [2.45, 2.75) is 5.60 Å². The van der Waals surface area contributed by atoms with E-state index < -0.39 is 93.5 Å². The van der Waals surface area contributed by atoms with Crippen LogP contribution in [0.2, 0.25) is 0 Å². The molecule has 3 aromatic carbocycles. The average Bonchev–Trinajstić information content (AvgIpc) is 2.83. The predicted octanol–water partition coefficient (Wildman–Crippen LogP) is -2.14. The molecular formula is C19H26As6F6O18. The van der Waals surface area contributed by atoms with Gasteiger partial charge in [-0.15, -0.1) is 0 Å². The van der Waals surface area contributed by atoms with Crippen LogP contribution in [0.1, 0.15) is 16.7 Å². The summed E-state index contributed by atoms with van der Waals surface area (Å²) in [4.78, 5) is 0. The van der Waals surface area contributed by atoms with Gasteiger partial charge >= 0.3 is 293 Å². The van der Waals surface area contributed by atoms with E-state index in [9.17, 15) is 28.6 Å². The van der Waals surface area contributed by atoms with E-state index in [4.69, 9.17) is 63.4 Å². The standard InChI is InChI=1S/C19H16AsFO3.5AsFH2O3/c21-20(22,23)24-19(16-10-4-1-5-11-16,17-12-6-2-7-13-17)18-14-8-3-9-15-18;5*2-1(3,4)5/h1-15H,(H,22,23);5*(H2,3,4,5). The predicted molar refractivity (Wildman–Crippen MR) is 150 cm³/mol. The molecule has 0 fully saturated rings. The summed E-state index contributed by atoms with van der Waals surface area (Å²) in [6.45, 7) is 0. The van der Waals surface area contributed by atoms with Crippen molar-refractivity contribution in [3.8, 4) is 0 Å². The molecule has 0 bridgehead atoms. The summed E-state index contributed by atoms with van der Waals surface area (Å²) in [5.41, 5.74) is 0.240. The SMILES string of the molecule is O=[As](O)(F)OC(c1ccccc1)(c1ccccc1)c1ccccc1.O=[As](O)(O)F.O=[As](O)(O)F.O=[As](O)(O)F.O=[As](O)(O)F.O=[As](O)(O)F. The molecule has 0 saturated carbocycles. The molecule has 3 rings (SSSR count). The van der Waals surface area contributed by atoms with Crippen LogP contribution in [-0.2, 0) is 31.8 Å². The molecule has 0 heterocycles. The molecule has 11 N–H and O–H groups in total. The first-order valence-electron chi connectivity index (χ1n) is 11.2. The Morgan fingerprint density at radius 1 is 0.367 bits per heavy atom. The fraction of sp³-hybridized carbons (Fsp3) is 0.0526. The molecule has 0 aromatic heterocycles. The third-order valence-electron chi connectivity index (χ3n) is 3.79. The van der Waals surface area contributed by atoms with Crippen molar-refractivity contribution < 1.29 is 92.0 Å². The van der Waals surface area contributed by atoms with Crippen LogP contribution in [0.15, 0.2) is 91.0 Å². The third kappa shape index (κ3) is 43.0. The van der Waals surface area contributed by atoms with Gasteiger partial charge in [0.15, 0.2) is 0 Å². The van der Waals surface area contributed by atoms with Crippen molar-refractivity contribution in [1.29, 1.82) is 0 Å². The minimum atomic E-state index is -5.96. The van der Waals surface area contributed by atoms with Gasteiger partial charge in [-0.05, 0) is 0 Å². The van der Waals surface area contributed by atoms with Crippen molar-refractivity contribution >= 4 is 87.9 Å². The topological polar surface area (TPSA) is 334 Å². The van der Waals surface area contributed by atoms with Gasteiger partial charge in [0.25, 0.3) is 0 Å². The van der Waals surface area contributed by atoms with E-state index in [1.54, 1.807) is 72.8 Å². The molecule has 49 heavy (non-hydrogen) atoms. The van der Waals surface area contributed by atoms with Gasteiger partial charge in [-0.1, -0.05) is 0 Å². The second-order valence-electron chi connectivity index (χ2n) is 7.69. The van der Waals surface area contributed by atoms with Crippen molar-refractivity contribution in [2.24, 2.45) is 0 Å². The molecule has 282 valence electrons. The molecule has 0 saturated heterocycles. The normalized spacial score (nSPS) is 12.9. The number of hydrogen-bond donors (Lipinski definition) is 11. The molecule has 18 nitrogen and oxygen atoms in total. The molecule has 0 aliphatic heterocycles. The van der Waals surface area contributed by atoms with Crippen LogP contribution >= 0.6 is 0 Å². The molecule has 0 radical (unpaired) electrons. The fourth-order valence-electron chi connectivity index (χ4n) is 2.85. The van der Waals surface area contributed by atoms with Gasteiger partial charge in [-0.25, -0.2) is 0 Å². The van der Waals surface area contributed by atoms with Crippen LogP contribution in [0, 0.1) is 0 Å². The summed E-state index contributed by atoms with van der Waals surface area (Å²) in [7, 11) is 0. The Bertz CT molecular complexity index is 1390. The Morgan fingerprint density at radius 3 is 0.633 bits per heavy atom. The maximum absolute atomic E-state index is 13.9. The second kappa shape index (κ2) is 22.8. The van der Waals surface area contributed by atoms with Crippen molar-refractivity contribution in [2.75, 3.05) is 0 Å². The first kappa shape index (κ1) is 52.3. The Labute approximate surface area is 291 Å². The van der Waals surface area contributed by atoms with Gasteiger partial charge in [-0.2, -0.15) is 0 Å². The summed E-state index contributed by atoms with van der Waals surface area (Å²) in [5, 5.41) is 0. The van der Waals surface area contributed by atoms with E-state index in [0.717, 1.165) is 0 Å². The zero-order valence-electron chi connectivity index (χ0n) is 23.4. The number of rotatable bonds is 5. The molecule has 3 aromatic rings. The fourth-order valence-corrected chi connectivity index (χ4v) is 4.22. The van der Waals surface area contributed by atoms with E-state index in [0.29, 0.717) is 16.7 Å². The Morgan fingerprint density at radius 2 is 0.510 bits per heavy atom. The van der Waals surface area contributed by atoms with E-state index in [-0.39, 0.29) is 0 Å². The van der Waals surface area contributed by atoms with Gasteiger partial charge in [0.05, 0.1) is 0 Å². The number of halogens is 6. The zero-order chi connectivity index (χ0) is 39.5. The molecule has 0 amide bonds. The Kier molecular flexibility index (Phi) is 24.3. The number of benzene rings is 3. The van der Waals surface area contributed by atoms with Crippen LogP contribution in [0.3, 0.4) is 0 Å². The van der Waals surface area contributed by atoms with Gasteiger partial charge in [-0.3, -0.25) is 0 Å². The number of hydrogen-bond acceptors (Lipinski definition) is 7. The monoisotopic (exact) mass is 1110 g/mol. The van der Waals surface area contributed by atoms with Crippen molar-refractivity contribution in [1.82, 2.24) is 0 Å². The van der Waals surface area contributed by atoms with E-state index in [1.807, 2.05) is 18.2 Å². The molecule has 0 aliphatic carbocycles. The zero-order valence-corrected chi connectivity index (χ0v) is 34.6. The molecule has 1 atom stereocenters. The first-order valence-corrected chi connectivity index (χ1v) is 30.0. The molecule has 0 spiro atoms. The molecular weight excluding hydrogens is 1080 g/mol. The van der Waals surface area contributed by atoms with Gasteiger partial charge in [0, 0.05) is 0 Å². The van der Waals surface area contributed by atoms with E-state index in [2.05, 4.69) is 0 Å². The van der Waals surface area contributed by atoms with Crippen LogP contribution in [-0.4, -0.2) is 133 Å². The van der Waals surface area contributed by atoms with Crippen LogP contribution in [0.25, 0.3) is 0 Å². The molecule has 0 aliphatic rings.